The van der Waals surface area contributed by atoms with Crippen molar-refractivity contribution in [1.82, 2.24) is 0 Å². The number of allylic oxidation sites excluding steroid dienone is 1. The van der Waals surface area contributed by atoms with E-state index in [1.807, 2.05) is 18.2 Å². The maximum absolute atomic E-state index is 12.0. The van der Waals surface area contributed by atoms with Crippen LogP contribution in [0.2, 0.25) is 0 Å². The molecule has 0 aromatic heterocycles. The first-order chi connectivity index (χ1) is 10.0. The molecule has 1 atom stereocenters. The van der Waals surface area contributed by atoms with Gasteiger partial charge in [-0.2, -0.15) is 0 Å². The van der Waals surface area contributed by atoms with E-state index in [0.29, 0.717) is 22.5 Å². The number of carbonyl (C=O) groups excluding carboxylic acids is 2. The molecule has 5 nitrogen and oxygen atoms in total. The van der Waals surface area contributed by atoms with E-state index in [1.54, 1.807) is 32.1 Å². The number of rotatable bonds is 4. The van der Waals surface area contributed by atoms with Crippen molar-refractivity contribution in [1.29, 1.82) is 0 Å². The van der Waals surface area contributed by atoms with Crippen LogP contribution in [0, 0.1) is 0 Å². The van der Waals surface area contributed by atoms with Crippen LogP contribution < -0.4 is 0 Å². The average Bonchev–Trinajstić information content (AvgIpc) is 2.78. The maximum atomic E-state index is 12.0. The minimum atomic E-state index is -0.819. The third-order valence-electron chi connectivity index (χ3n) is 3.03. The van der Waals surface area contributed by atoms with Crippen LogP contribution in [0.3, 0.4) is 0 Å². The Hall–Kier alpha value is -2.56. The number of ether oxygens (including phenoxy) is 3. The summed E-state index contributed by atoms with van der Waals surface area (Å²) in [7, 11) is 1.30. The zero-order chi connectivity index (χ0) is 15.4. The van der Waals surface area contributed by atoms with Crippen molar-refractivity contribution in [2.45, 2.75) is 20.1 Å². The summed E-state index contributed by atoms with van der Waals surface area (Å²) in [4.78, 5) is 23.3. The molecule has 1 aromatic carbocycles. The van der Waals surface area contributed by atoms with E-state index in [-0.39, 0.29) is 0 Å². The predicted octanol–water partition coefficient (Wildman–Crippen LogP) is 2.44. The Kier molecular flexibility index (Phi) is 4.42. The minimum Gasteiger partial charge on any atom is -0.465 e. The molecule has 2 rings (SSSR count). The highest BCUT2D eigenvalue weighted by Gasteiger charge is 2.25. The van der Waals surface area contributed by atoms with Gasteiger partial charge in [-0.1, -0.05) is 30.3 Å². The van der Waals surface area contributed by atoms with Crippen molar-refractivity contribution in [2.75, 3.05) is 7.11 Å². The summed E-state index contributed by atoms with van der Waals surface area (Å²) in [6.07, 6.45) is 0.743. The Bertz CT molecular complexity index is 613. The van der Waals surface area contributed by atoms with Crippen LogP contribution in [0.25, 0.3) is 5.57 Å². The molecule has 1 heterocycles. The third kappa shape index (κ3) is 3.31. The first-order valence-corrected chi connectivity index (χ1v) is 6.43. The summed E-state index contributed by atoms with van der Waals surface area (Å²) in [5.74, 6) is -0.604. The topological polar surface area (TPSA) is 61.8 Å². The molecule has 0 N–H and O–H groups in total. The molecular weight excluding hydrogens is 272 g/mol. The molecule has 1 unspecified atom stereocenters. The molecule has 0 amide bonds. The fourth-order valence-corrected chi connectivity index (χ4v) is 1.97. The zero-order valence-electron chi connectivity index (χ0n) is 12.1. The Morgan fingerprint density at radius 1 is 1.24 bits per heavy atom. The molecular formula is C16H16O5. The van der Waals surface area contributed by atoms with E-state index in [0.717, 1.165) is 0 Å². The average molecular weight is 288 g/mol. The molecule has 0 spiro atoms. The van der Waals surface area contributed by atoms with Gasteiger partial charge in [0.05, 0.1) is 7.11 Å². The third-order valence-corrected chi connectivity index (χ3v) is 3.03. The zero-order valence-corrected chi connectivity index (χ0v) is 12.1. The van der Waals surface area contributed by atoms with Crippen LogP contribution >= 0.6 is 0 Å². The van der Waals surface area contributed by atoms with Crippen molar-refractivity contribution >= 4 is 17.5 Å². The Morgan fingerprint density at radius 3 is 2.43 bits per heavy atom. The second kappa shape index (κ2) is 6.26. The number of cyclic esters (lactones) is 1. The number of benzene rings is 1. The van der Waals surface area contributed by atoms with Gasteiger partial charge in [0.25, 0.3) is 6.29 Å². The monoisotopic (exact) mass is 288 g/mol. The summed E-state index contributed by atoms with van der Waals surface area (Å²) in [5, 5.41) is 0. The lowest BCUT2D eigenvalue weighted by Gasteiger charge is -2.15. The second-order valence-electron chi connectivity index (χ2n) is 4.53. The molecule has 5 heteroatoms. The van der Waals surface area contributed by atoms with Gasteiger partial charge in [-0.05, 0) is 19.4 Å². The van der Waals surface area contributed by atoms with Gasteiger partial charge in [-0.15, -0.1) is 0 Å². The standard InChI is InChI=1S/C16H16O5/c1-10-9-13(21-15(10)17)20-11(2)14(16(18)19-3)12-7-5-4-6-8-12/h4-9,13H,1-3H3/b14-11-. The summed E-state index contributed by atoms with van der Waals surface area (Å²) in [5.41, 5.74) is 1.45. The van der Waals surface area contributed by atoms with Gasteiger partial charge >= 0.3 is 11.9 Å². The van der Waals surface area contributed by atoms with Crippen LogP contribution in [0.15, 0.2) is 47.7 Å². The lowest BCUT2D eigenvalue weighted by molar-refractivity contribution is -0.153. The molecule has 0 aliphatic carbocycles. The van der Waals surface area contributed by atoms with E-state index in [9.17, 15) is 9.59 Å². The van der Waals surface area contributed by atoms with Crippen molar-refractivity contribution < 1.29 is 23.8 Å². The van der Waals surface area contributed by atoms with Gasteiger partial charge in [0.15, 0.2) is 0 Å². The van der Waals surface area contributed by atoms with Crippen molar-refractivity contribution in [2.24, 2.45) is 0 Å². The summed E-state index contributed by atoms with van der Waals surface area (Å²) >= 11 is 0. The minimum absolute atomic E-state index is 0.298. The molecule has 0 fully saturated rings. The fourth-order valence-electron chi connectivity index (χ4n) is 1.97. The molecule has 0 radical (unpaired) electrons. The van der Waals surface area contributed by atoms with Gasteiger partial charge in [0.2, 0.25) is 0 Å². The van der Waals surface area contributed by atoms with Gasteiger partial charge in [0.1, 0.15) is 11.3 Å². The molecule has 0 bridgehead atoms. The number of esters is 2. The van der Waals surface area contributed by atoms with E-state index >= 15 is 0 Å². The van der Waals surface area contributed by atoms with Crippen LogP contribution in [-0.2, 0) is 23.8 Å². The molecule has 0 saturated heterocycles. The van der Waals surface area contributed by atoms with Gasteiger partial charge in [0, 0.05) is 11.6 Å². The van der Waals surface area contributed by atoms with E-state index < -0.39 is 18.2 Å². The van der Waals surface area contributed by atoms with Crippen molar-refractivity contribution in [3.05, 3.63) is 53.3 Å². The molecule has 110 valence electrons. The fraction of sp³-hybridized carbons (Fsp3) is 0.250. The smallest absolute Gasteiger partial charge is 0.341 e. The van der Waals surface area contributed by atoms with Crippen molar-refractivity contribution in [3.8, 4) is 0 Å². The number of methoxy groups -OCH3 is 1. The Labute approximate surface area is 122 Å². The van der Waals surface area contributed by atoms with Crippen molar-refractivity contribution in [3.63, 3.8) is 0 Å². The quantitative estimate of drug-likeness (QED) is 0.484. The van der Waals surface area contributed by atoms with E-state index in [2.05, 4.69) is 0 Å². The summed E-state index contributed by atoms with van der Waals surface area (Å²) in [6, 6.07) is 9.03. The number of carbonyl (C=O) groups is 2. The van der Waals surface area contributed by atoms with E-state index in [1.165, 1.54) is 7.11 Å². The van der Waals surface area contributed by atoms with Crippen LogP contribution in [0.1, 0.15) is 19.4 Å². The summed E-state index contributed by atoms with van der Waals surface area (Å²) in [6.45, 7) is 3.28. The summed E-state index contributed by atoms with van der Waals surface area (Å²) < 4.78 is 15.3. The van der Waals surface area contributed by atoms with Crippen LogP contribution in [0.5, 0.6) is 0 Å². The highest BCUT2D eigenvalue weighted by molar-refractivity contribution is 6.17. The van der Waals surface area contributed by atoms with E-state index in [4.69, 9.17) is 14.2 Å². The predicted molar refractivity (Wildman–Crippen MR) is 75.8 cm³/mol. The van der Waals surface area contributed by atoms with Gasteiger partial charge < -0.3 is 14.2 Å². The highest BCUT2D eigenvalue weighted by Crippen LogP contribution is 2.24. The van der Waals surface area contributed by atoms with Gasteiger partial charge in [-0.3, -0.25) is 0 Å². The SMILES string of the molecule is COC(=O)/C(=C(/C)OC1C=C(C)C(=O)O1)c1ccccc1. The maximum Gasteiger partial charge on any atom is 0.341 e. The van der Waals surface area contributed by atoms with Gasteiger partial charge in [-0.25, -0.2) is 9.59 Å². The second-order valence-corrected chi connectivity index (χ2v) is 4.53. The largest absolute Gasteiger partial charge is 0.465 e. The Morgan fingerprint density at radius 2 is 1.90 bits per heavy atom. The molecule has 1 aliphatic rings. The number of hydrogen-bond donors (Lipinski definition) is 0. The molecule has 1 aromatic rings. The lowest BCUT2D eigenvalue weighted by atomic mass is 10.1. The Balaban J connectivity index is 2.31. The van der Waals surface area contributed by atoms with Crippen LogP contribution in [0.4, 0.5) is 0 Å². The normalized spacial score (nSPS) is 18.5. The first-order valence-electron chi connectivity index (χ1n) is 6.43. The molecule has 21 heavy (non-hydrogen) atoms. The first kappa shape index (κ1) is 14.8. The lowest BCUT2D eigenvalue weighted by Crippen LogP contribution is -2.14. The number of hydrogen-bond acceptors (Lipinski definition) is 5. The van der Waals surface area contributed by atoms with Crippen LogP contribution in [-0.4, -0.2) is 25.3 Å². The molecule has 1 aliphatic heterocycles. The highest BCUT2D eigenvalue weighted by atomic mass is 16.7. The molecule has 0 saturated carbocycles.